The van der Waals surface area contributed by atoms with Crippen molar-refractivity contribution in [2.45, 2.75) is 59.8 Å². The number of rotatable bonds is 4. The summed E-state index contributed by atoms with van der Waals surface area (Å²) < 4.78 is 14.5. The number of amides is 2. The maximum absolute atomic E-state index is 14.5. The second-order valence-corrected chi connectivity index (χ2v) is 5.18. The summed E-state index contributed by atoms with van der Waals surface area (Å²) in [4.78, 5) is 11.2. The molecule has 0 aliphatic carbocycles. The molecule has 1 unspecified atom stereocenters. The van der Waals surface area contributed by atoms with Gasteiger partial charge in [0, 0.05) is 6.99 Å². The van der Waals surface area contributed by atoms with E-state index in [2.05, 4.69) is 5.32 Å². The first kappa shape index (κ1) is 19.9. The third kappa shape index (κ3) is 4.45. The molecule has 0 aromatic heterocycles. The third-order valence-electron chi connectivity index (χ3n) is 3.43. The molecule has 4 nitrogen and oxygen atoms in total. The summed E-state index contributed by atoms with van der Waals surface area (Å²) in [5.41, 5.74) is 6.66. The van der Waals surface area contributed by atoms with Gasteiger partial charge < -0.3 is 11.1 Å². The molecule has 22 heavy (non-hydrogen) atoms. The second-order valence-electron chi connectivity index (χ2n) is 5.18. The van der Waals surface area contributed by atoms with Gasteiger partial charge in [0.25, 0.3) is 0 Å². The van der Waals surface area contributed by atoms with Crippen molar-refractivity contribution in [3.05, 3.63) is 28.6 Å². The van der Waals surface area contributed by atoms with Gasteiger partial charge in [0.15, 0.2) is 0 Å². The van der Waals surface area contributed by atoms with Crippen LogP contribution < -0.4 is 11.1 Å². The highest BCUT2D eigenvalue weighted by atomic mass is 19.1. The molecular weight excluding hydrogens is 281 g/mol. The quantitative estimate of drug-likeness (QED) is 0.811. The summed E-state index contributed by atoms with van der Waals surface area (Å²) in [5, 5.41) is 11.6. The minimum atomic E-state index is -0.736. The minimum Gasteiger partial charge on any atom is -0.351 e. The molecule has 0 saturated heterocycles. The normalized spacial score (nSPS) is 11.2. The lowest BCUT2D eigenvalue weighted by atomic mass is 9.88. The summed E-state index contributed by atoms with van der Waals surface area (Å²) >= 11 is 0. The molecule has 0 saturated carbocycles. The molecule has 124 valence electrons. The number of anilines is 1. The van der Waals surface area contributed by atoms with Gasteiger partial charge in [0.1, 0.15) is 11.9 Å². The summed E-state index contributed by atoms with van der Waals surface area (Å²) in [6, 6.07) is 2.62. The maximum Gasteiger partial charge on any atom is 0.316 e. The van der Waals surface area contributed by atoms with Crippen LogP contribution in [0.1, 0.15) is 77.9 Å². The van der Waals surface area contributed by atoms with Crippen molar-refractivity contribution in [3.63, 3.8) is 0 Å². The Hall–Kier alpha value is -2.09. The Balaban J connectivity index is 0. The van der Waals surface area contributed by atoms with Crippen LogP contribution >= 0.6 is 0 Å². The zero-order chi connectivity index (χ0) is 17.4. The molecule has 5 heteroatoms. The van der Waals surface area contributed by atoms with Gasteiger partial charge in [-0.2, -0.15) is 5.26 Å². The molecule has 0 bridgehead atoms. The Morgan fingerprint density at radius 1 is 1.45 bits per heavy atom. The average molecular weight is 309 g/mol. The van der Waals surface area contributed by atoms with Crippen molar-refractivity contribution in [2.75, 3.05) is 5.32 Å². The van der Waals surface area contributed by atoms with E-state index in [-0.39, 0.29) is 18.8 Å². The fourth-order valence-corrected chi connectivity index (χ4v) is 2.17. The summed E-state index contributed by atoms with van der Waals surface area (Å²) in [5.74, 6) is -0.662. The monoisotopic (exact) mass is 309 g/mol. The van der Waals surface area contributed by atoms with Crippen molar-refractivity contribution in [3.8, 4) is 6.07 Å². The average Bonchev–Trinajstić information content (AvgIpc) is 2.48. The molecular formula is C17H28FN3O. The number of nitrogens with two attached hydrogens (primary N) is 1. The Labute approximate surface area is 134 Å². The molecule has 0 heterocycles. The van der Waals surface area contributed by atoms with E-state index >= 15 is 0 Å². The van der Waals surface area contributed by atoms with E-state index in [1.54, 1.807) is 0 Å². The number of nitrogens with one attached hydrogen (secondary N) is 1. The van der Waals surface area contributed by atoms with Crippen molar-refractivity contribution < 1.29 is 10.6 Å². The molecule has 1 aromatic carbocycles. The Kier molecular flexibility index (Phi) is 8.18. The minimum absolute atomic E-state index is 0. The van der Waals surface area contributed by atoms with Gasteiger partial charge in [0.2, 0.25) is 0 Å². The molecule has 0 fully saturated rings. The smallest absolute Gasteiger partial charge is 0.316 e. The van der Waals surface area contributed by atoms with Crippen LogP contribution in [0.4, 0.5) is 14.9 Å². The molecule has 0 aliphatic heterocycles. The number of carbonyl (C=O) groups excluding carboxylic acids is 1. The van der Waals surface area contributed by atoms with Crippen molar-refractivity contribution in [2.24, 2.45) is 5.73 Å². The molecule has 1 aromatic rings. The fourth-order valence-electron chi connectivity index (χ4n) is 2.17. The molecule has 0 radical (unpaired) electrons. The Morgan fingerprint density at radius 2 is 2.00 bits per heavy atom. The number of hydrogen-bond donors (Lipinski definition) is 2. The van der Waals surface area contributed by atoms with Crippen LogP contribution in [0.3, 0.4) is 0 Å². The standard InChI is InChI=1S/C15H20FN3O.C2H6.H2/c1-5-9(4)12-13(16)10(7-17)6-11(8(2)3)14(12)19-15(18)20;1-2;/h6,8-9H,5H2,1-4H3,(H3,18,19,20);1-2H3;1H. The maximum atomic E-state index is 14.5. The lowest BCUT2D eigenvalue weighted by molar-refractivity contribution is 0.259. The van der Waals surface area contributed by atoms with Gasteiger partial charge in [-0.3, -0.25) is 0 Å². The SMILES string of the molecule is CC.CCC(C)c1c(F)c(C#N)cc(C(C)C)c1NC(N)=O.[HH]. The predicted octanol–water partition coefficient (Wildman–Crippen LogP) is 5.10. The Bertz CT molecular complexity index is 568. The van der Waals surface area contributed by atoms with Crippen LogP contribution in [0, 0.1) is 17.1 Å². The highest BCUT2D eigenvalue weighted by Gasteiger charge is 2.23. The van der Waals surface area contributed by atoms with Gasteiger partial charge in [0.05, 0.1) is 11.3 Å². The molecule has 1 rings (SSSR count). The topological polar surface area (TPSA) is 78.9 Å². The molecule has 0 aliphatic rings. The van der Waals surface area contributed by atoms with Gasteiger partial charge in [-0.15, -0.1) is 0 Å². The molecule has 0 spiro atoms. The first-order chi connectivity index (χ1) is 10.3. The highest BCUT2D eigenvalue weighted by molar-refractivity contribution is 5.90. The number of benzene rings is 1. The van der Waals surface area contributed by atoms with E-state index in [1.165, 1.54) is 6.07 Å². The van der Waals surface area contributed by atoms with E-state index in [0.717, 1.165) is 5.56 Å². The van der Waals surface area contributed by atoms with Gasteiger partial charge in [-0.25, -0.2) is 9.18 Å². The van der Waals surface area contributed by atoms with Crippen LogP contribution in [0.15, 0.2) is 6.07 Å². The van der Waals surface area contributed by atoms with E-state index in [1.807, 2.05) is 47.6 Å². The molecule has 2 amide bonds. The fraction of sp³-hybridized carbons (Fsp3) is 0.529. The summed E-state index contributed by atoms with van der Waals surface area (Å²) in [6.45, 7) is 11.6. The largest absolute Gasteiger partial charge is 0.351 e. The first-order valence-corrected chi connectivity index (χ1v) is 7.66. The number of carbonyl (C=O) groups is 1. The highest BCUT2D eigenvalue weighted by Crippen LogP contribution is 2.37. The van der Waals surface area contributed by atoms with Crippen molar-refractivity contribution in [1.29, 1.82) is 5.26 Å². The van der Waals surface area contributed by atoms with Crippen LogP contribution in [-0.2, 0) is 0 Å². The molecule has 3 N–H and O–H groups in total. The number of nitriles is 1. The number of halogens is 1. The predicted molar refractivity (Wildman–Crippen MR) is 90.6 cm³/mol. The van der Waals surface area contributed by atoms with E-state index in [9.17, 15) is 9.18 Å². The van der Waals surface area contributed by atoms with Gasteiger partial charge in [-0.1, -0.05) is 41.5 Å². The lowest BCUT2D eigenvalue weighted by Gasteiger charge is -2.22. The van der Waals surface area contributed by atoms with Crippen LogP contribution in [0.2, 0.25) is 0 Å². The van der Waals surface area contributed by atoms with Crippen LogP contribution in [0.5, 0.6) is 0 Å². The van der Waals surface area contributed by atoms with Crippen LogP contribution in [-0.4, -0.2) is 6.03 Å². The van der Waals surface area contributed by atoms with E-state index in [0.29, 0.717) is 17.7 Å². The number of nitrogens with zero attached hydrogens (tertiary/aromatic N) is 1. The lowest BCUT2D eigenvalue weighted by Crippen LogP contribution is -2.23. The van der Waals surface area contributed by atoms with E-state index in [4.69, 9.17) is 11.0 Å². The van der Waals surface area contributed by atoms with Crippen LogP contribution in [0.25, 0.3) is 0 Å². The van der Waals surface area contributed by atoms with Crippen molar-refractivity contribution >= 4 is 11.7 Å². The van der Waals surface area contributed by atoms with Gasteiger partial charge >= 0.3 is 6.03 Å². The summed E-state index contributed by atoms with van der Waals surface area (Å²) in [6.07, 6.45) is 0.691. The third-order valence-corrected chi connectivity index (χ3v) is 3.43. The number of primary amides is 1. The van der Waals surface area contributed by atoms with Crippen molar-refractivity contribution in [1.82, 2.24) is 0 Å². The zero-order valence-electron chi connectivity index (χ0n) is 14.2. The van der Waals surface area contributed by atoms with E-state index < -0.39 is 11.8 Å². The zero-order valence-corrected chi connectivity index (χ0v) is 14.2. The number of hydrogen-bond acceptors (Lipinski definition) is 2. The van der Waals surface area contributed by atoms with Gasteiger partial charge in [-0.05, 0) is 29.9 Å². The second kappa shape index (κ2) is 9.04. The number of urea groups is 1. The Morgan fingerprint density at radius 3 is 2.36 bits per heavy atom. The first-order valence-electron chi connectivity index (χ1n) is 7.66. The summed E-state index contributed by atoms with van der Waals surface area (Å²) in [7, 11) is 0. The molecule has 1 atom stereocenters.